The summed E-state index contributed by atoms with van der Waals surface area (Å²) in [4.78, 5) is 19.4. The zero-order valence-corrected chi connectivity index (χ0v) is 25.4. The van der Waals surface area contributed by atoms with Crippen molar-refractivity contribution in [2.75, 3.05) is 37.7 Å². The first-order chi connectivity index (χ1) is 20.9. The smallest absolute Gasteiger partial charge is 0.319 e. The summed E-state index contributed by atoms with van der Waals surface area (Å²) in [6.45, 7) is 3.20. The third-order valence-electron chi connectivity index (χ3n) is 9.30. The highest BCUT2D eigenvalue weighted by Crippen LogP contribution is 2.43. The summed E-state index contributed by atoms with van der Waals surface area (Å²) in [5.74, 6) is 2.66. The molecule has 0 aliphatic carbocycles. The number of aromatic nitrogens is 3. The molecule has 4 aliphatic rings. The minimum Gasteiger partial charge on any atom is -0.508 e. The lowest BCUT2D eigenvalue weighted by Gasteiger charge is -2.34. The highest BCUT2D eigenvalue weighted by molar-refractivity contribution is 7.19. The maximum absolute atomic E-state index is 14.6. The number of hydrogen-bond acceptors (Lipinski definition) is 10. The molecular weight excluding hydrogens is 610 g/mol. The van der Waals surface area contributed by atoms with Gasteiger partial charge in [-0.15, -0.1) is 18.8 Å². The zero-order valence-electron chi connectivity index (χ0n) is 23.8. The van der Waals surface area contributed by atoms with Crippen LogP contribution >= 0.6 is 23.7 Å². The molecular formula is C31H31ClF2N6O3S. The summed E-state index contributed by atoms with van der Waals surface area (Å²) in [7, 11) is 0. The number of hydrogen-bond donors (Lipinski definition) is 2. The van der Waals surface area contributed by atoms with Gasteiger partial charge in [0.1, 0.15) is 35.6 Å². The zero-order chi connectivity index (χ0) is 29.3. The molecule has 0 saturated carbocycles. The number of piperazine rings is 1. The first-order valence-electron chi connectivity index (χ1n) is 14.7. The Morgan fingerprint density at radius 1 is 1.16 bits per heavy atom. The average Bonchev–Trinajstić information content (AvgIpc) is 3.73. The van der Waals surface area contributed by atoms with Crippen molar-refractivity contribution in [1.82, 2.24) is 25.2 Å². The standard InChI is InChI=1S/C31H30F2N6O3S.ClH/c1-2-22-23(33)7-4-17-10-21(40)11-24(25(17)22)42-30-35-26-27(38-14-19-5-6-20(15-38)34-19)36-29(37-28(26)43-30)41-16-31-8-3-9-39(31)13-18(32)12-31;/h1,4,7,10-11,18-20,34,40H,3,5-6,8-9,12-16H2;1H/t18-,19?,20?,31+;/m1./s1. The van der Waals surface area contributed by atoms with Crippen molar-refractivity contribution >= 4 is 50.7 Å². The molecule has 8 rings (SSSR count). The molecule has 0 amide bonds. The molecule has 6 heterocycles. The maximum atomic E-state index is 14.6. The first kappa shape index (κ1) is 29.2. The van der Waals surface area contributed by atoms with Gasteiger partial charge in [-0.1, -0.05) is 23.3 Å². The second-order valence-corrected chi connectivity index (χ2v) is 13.0. The van der Waals surface area contributed by atoms with Crippen LogP contribution in [0.3, 0.4) is 0 Å². The molecule has 2 aromatic heterocycles. The predicted molar refractivity (Wildman–Crippen MR) is 167 cm³/mol. The van der Waals surface area contributed by atoms with Crippen molar-refractivity contribution in [3.8, 4) is 35.0 Å². The maximum Gasteiger partial charge on any atom is 0.319 e. The second-order valence-electron chi connectivity index (χ2n) is 12.1. The molecule has 4 aliphatic heterocycles. The fourth-order valence-corrected chi connectivity index (χ4v) is 8.21. The SMILES string of the molecule is C#Cc1c(F)ccc2cc(O)cc(Oc3nc4c(N5CC6CCC(C5)N6)nc(OC[C@@]56CCCN5C[C@H](F)C6)nc4s3)c12.Cl. The Morgan fingerprint density at radius 2 is 1.98 bits per heavy atom. The quantitative estimate of drug-likeness (QED) is 0.277. The summed E-state index contributed by atoms with van der Waals surface area (Å²) >= 11 is 1.21. The van der Waals surface area contributed by atoms with Crippen molar-refractivity contribution in [1.29, 1.82) is 0 Å². The van der Waals surface area contributed by atoms with Crippen LogP contribution in [0.25, 0.3) is 21.1 Å². The van der Waals surface area contributed by atoms with Crippen molar-refractivity contribution in [2.45, 2.75) is 55.9 Å². The van der Waals surface area contributed by atoms with Gasteiger partial charge in [0.25, 0.3) is 5.19 Å². The molecule has 4 aromatic rings. The lowest BCUT2D eigenvalue weighted by atomic mass is 9.95. The number of alkyl halides is 1. The van der Waals surface area contributed by atoms with Crippen molar-refractivity contribution in [3.05, 3.63) is 35.6 Å². The normalized spacial score (nSPS) is 26.1. The minimum absolute atomic E-state index is 0. The molecule has 2 unspecified atom stereocenters. The Bertz CT molecular complexity index is 1790. The molecule has 4 saturated heterocycles. The van der Waals surface area contributed by atoms with Crippen LogP contribution < -0.4 is 19.7 Å². The molecule has 4 atom stereocenters. The van der Waals surface area contributed by atoms with E-state index in [-0.39, 0.29) is 46.2 Å². The van der Waals surface area contributed by atoms with Gasteiger partial charge in [0.15, 0.2) is 10.6 Å². The number of anilines is 1. The monoisotopic (exact) mass is 640 g/mol. The molecule has 230 valence electrons. The van der Waals surface area contributed by atoms with E-state index in [2.05, 4.69) is 21.0 Å². The lowest BCUT2D eigenvalue weighted by Crippen LogP contribution is -2.51. The Balaban J connectivity index is 0.00000312. The summed E-state index contributed by atoms with van der Waals surface area (Å²) in [6.07, 6.45) is 9.38. The van der Waals surface area contributed by atoms with Gasteiger partial charge in [0, 0.05) is 49.6 Å². The number of benzene rings is 2. The average molecular weight is 641 g/mol. The van der Waals surface area contributed by atoms with E-state index in [0.717, 1.165) is 45.3 Å². The lowest BCUT2D eigenvalue weighted by molar-refractivity contribution is 0.107. The van der Waals surface area contributed by atoms with Gasteiger partial charge < -0.3 is 24.8 Å². The van der Waals surface area contributed by atoms with Crippen molar-refractivity contribution in [3.63, 3.8) is 0 Å². The third kappa shape index (κ3) is 4.96. The Hall–Kier alpha value is -3.50. The van der Waals surface area contributed by atoms with Gasteiger partial charge >= 0.3 is 6.01 Å². The molecule has 13 heteroatoms. The Labute approximate surface area is 263 Å². The number of thiazole rings is 1. The second kappa shape index (κ2) is 11.1. The topological polar surface area (TPSA) is 95.9 Å². The molecule has 0 radical (unpaired) electrons. The largest absolute Gasteiger partial charge is 0.508 e. The number of nitrogens with one attached hydrogen (secondary N) is 1. The molecule has 9 nitrogen and oxygen atoms in total. The van der Waals surface area contributed by atoms with E-state index in [1.807, 2.05) is 0 Å². The van der Waals surface area contributed by atoms with Crippen LogP contribution in [0.1, 0.15) is 37.7 Å². The minimum atomic E-state index is -0.850. The number of rotatable bonds is 6. The molecule has 2 bridgehead atoms. The molecule has 0 spiro atoms. The van der Waals surface area contributed by atoms with E-state index in [1.165, 1.54) is 29.5 Å². The number of fused-ring (bicyclic) bond motifs is 5. The van der Waals surface area contributed by atoms with Gasteiger partial charge in [-0.2, -0.15) is 15.0 Å². The number of aromatic hydroxyl groups is 1. The van der Waals surface area contributed by atoms with Gasteiger partial charge in [0.2, 0.25) is 0 Å². The van der Waals surface area contributed by atoms with E-state index < -0.39 is 12.0 Å². The van der Waals surface area contributed by atoms with Gasteiger partial charge in [-0.05, 0) is 49.7 Å². The van der Waals surface area contributed by atoms with Gasteiger partial charge in [0.05, 0.1) is 11.1 Å². The van der Waals surface area contributed by atoms with Gasteiger partial charge in [-0.25, -0.2) is 8.78 Å². The fourth-order valence-electron chi connectivity index (χ4n) is 7.42. The van der Waals surface area contributed by atoms with Gasteiger partial charge in [-0.3, -0.25) is 4.90 Å². The number of ether oxygens (including phenoxy) is 2. The van der Waals surface area contributed by atoms with Crippen LogP contribution in [0, 0.1) is 18.2 Å². The van der Waals surface area contributed by atoms with Crippen LogP contribution in [0.5, 0.6) is 22.7 Å². The van der Waals surface area contributed by atoms with E-state index in [4.69, 9.17) is 30.8 Å². The van der Waals surface area contributed by atoms with E-state index >= 15 is 0 Å². The van der Waals surface area contributed by atoms with Crippen LogP contribution in [0.2, 0.25) is 0 Å². The Morgan fingerprint density at radius 3 is 2.77 bits per heavy atom. The number of terminal acetylenes is 1. The summed E-state index contributed by atoms with van der Waals surface area (Å²) < 4.78 is 41.5. The van der Waals surface area contributed by atoms with Crippen LogP contribution in [0.4, 0.5) is 14.6 Å². The molecule has 2 aromatic carbocycles. The number of phenols is 1. The predicted octanol–water partition coefficient (Wildman–Crippen LogP) is 5.18. The number of halogens is 3. The van der Waals surface area contributed by atoms with Crippen LogP contribution in [-0.2, 0) is 0 Å². The highest BCUT2D eigenvalue weighted by Gasteiger charge is 2.49. The first-order valence-corrected chi connectivity index (χ1v) is 15.5. The molecule has 4 fully saturated rings. The van der Waals surface area contributed by atoms with Crippen LogP contribution in [0.15, 0.2) is 24.3 Å². The summed E-state index contributed by atoms with van der Waals surface area (Å²) in [6, 6.07) is 6.68. The van der Waals surface area contributed by atoms with E-state index in [0.29, 0.717) is 58.6 Å². The number of nitrogens with zero attached hydrogens (tertiary/aromatic N) is 5. The highest BCUT2D eigenvalue weighted by atomic mass is 35.5. The summed E-state index contributed by atoms with van der Waals surface area (Å²) in [5.41, 5.74) is 0.296. The van der Waals surface area contributed by atoms with E-state index in [9.17, 15) is 13.9 Å². The van der Waals surface area contributed by atoms with Crippen molar-refractivity contribution in [2.24, 2.45) is 0 Å². The number of phenolic OH excluding ortho intramolecular Hbond substituents is 1. The summed E-state index contributed by atoms with van der Waals surface area (Å²) in [5, 5.41) is 15.2. The van der Waals surface area contributed by atoms with E-state index in [1.54, 1.807) is 6.07 Å². The van der Waals surface area contributed by atoms with Crippen molar-refractivity contribution < 1.29 is 23.4 Å². The fraction of sp³-hybridized carbons (Fsp3) is 0.452. The molecule has 44 heavy (non-hydrogen) atoms. The third-order valence-corrected chi connectivity index (χ3v) is 10.1. The molecule has 2 N–H and O–H groups in total. The Kier molecular flexibility index (Phi) is 7.40. The van der Waals surface area contributed by atoms with Crippen LogP contribution in [-0.4, -0.2) is 81.5 Å².